The van der Waals surface area contributed by atoms with Crippen LogP contribution >= 0.6 is 11.3 Å². The number of nitrogens with one attached hydrogen (secondary N) is 2. The van der Waals surface area contributed by atoms with Crippen LogP contribution in [0.3, 0.4) is 0 Å². The van der Waals surface area contributed by atoms with Crippen LogP contribution in [0.4, 0.5) is 0 Å². The minimum absolute atomic E-state index is 0.502. The van der Waals surface area contributed by atoms with Gasteiger partial charge in [0.25, 0.3) is 0 Å². The van der Waals surface area contributed by atoms with Gasteiger partial charge in [-0.15, -0.1) is 11.3 Å². The second-order valence-corrected chi connectivity index (χ2v) is 5.96. The van der Waals surface area contributed by atoms with Gasteiger partial charge in [0.1, 0.15) is 5.01 Å². The Bertz CT molecular complexity index is 407. The third-order valence-corrected chi connectivity index (χ3v) is 4.10. The SMILES string of the molecule is CN=C(NCc1nc(C(C)C)cs1)NC1CCC1. The third-order valence-electron chi connectivity index (χ3n) is 3.24. The van der Waals surface area contributed by atoms with E-state index in [0.717, 1.165) is 17.5 Å². The first-order valence-corrected chi connectivity index (χ1v) is 7.48. The fourth-order valence-electron chi connectivity index (χ4n) is 1.77. The molecule has 1 heterocycles. The molecule has 1 fully saturated rings. The molecule has 1 aromatic rings. The van der Waals surface area contributed by atoms with Crippen LogP contribution in [0.2, 0.25) is 0 Å². The quantitative estimate of drug-likeness (QED) is 0.650. The van der Waals surface area contributed by atoms with E-state index in [-0.39, 0.29) is 0 Å². The van der Waals surface area contributed by atoms with Crippen molar-refractivity contribution >= 4 is 17.3 Å². The van der Waals surface area contributed by atoms with Crippen molar-refractivity contribution in [2.24, 2.45) is 4.99 Å². The Labute approximate surface area is 113 Å². The first-order valence-electron chi connectivity index (χ1n) is 6.60. The Balaban J connectivity index is 1.81. The maximum Gasteiger partial charge on any atom is 0.191 e. The van der Waals surface area contributed by atoms with Gasteiger partial charge in [0.2, 0.25) is 0 Å². The van der Waals surface area contributed by atoms with Crippen LogP contribution in [0, 0.1) is 0 Å². The van der Waals surface area contributed by atoms with Crippen LogP contribution in [0.5, 0.6) is 0 Å². The summed E-state index contributed by atoms with van der Waals surface area (Å²) in [4.78, 5) is 8.84. The highest BCUT2D eigenvalue weighted by Gasteiger charge is 2.18. The second-order valence-electron chi connectivity index (χ2n) is 5.02. The average molecular weight is 266 g/mol. The van der Waals surface area contributed by atoms with Gasteiger partial charge in [0, 0.05) is 18.5 Å². The minimum atomic E-state index is 0.502. The van der Waals surface area contributed by atoms with Crippen molar-refractivity contribution in [1.82, 2.24) is 15.6 Å². The van der Waals surface area contributed by atoms with E-state index in [0.29, 0.717) is 12.0 Å². The van der Waals surface area contributed by atoms with Gasteiger partial charge < -0.3 is 10.6 Å². The average Bonchev–Trinajstić information content (AvgIpc) is 2.76. The maximum absolute atomic E-state index is 4.60. The highest BCUT2D eigenvalue weighted by Crippen LogP contribution is 2.18. The zero-order chi connectivity index (χ0) is 13.0. The first kappa shape index (κ1) is 13.3. The Kier molecular flexibility index (Phi) is 4.58. The van der Waals surface area contributed by atoms with Gasteiger partial charge in [0.15, 0.2) is 5.96 Å². The summed E-state index contributed by atoms with van der Waals surface area (Å²) in [5, 5.41) is 10.0. The fraction of sp³-hybridized carbons (Fsp3) is 0.692. The maximum atomic E-state index is 4.60. The zero-order valence-electron chi connectivity index (χ0n) is 11.4. The molecule has 0 bridgehead atoms. The molecule has 0 amide bonds. The van der Waals surface area contributed by atoms with Crippen molar-refractivity contribution in [3.8, 4) is 0 Å². The van der Waals surface area contributed by atoms with Crippen molar-refractivity contribution < 1.29 is 0 Å². The first-order chi connectivity index (χ1) is 8.69. The van der Waals surface area contributed by atoms with E-state index in [1.807, 2.05) is 7.05 Å². The van der Waals surface area contributed by atoms with Gasteiger partial charge in [-0.1, -0.05) is 13.8 Å². The van der Waals surface area contributed by atoms with Gasteiger partial charge in [-0.25, -0.2) is 4.98 Å². The molecule has 100 valence electrons. The summed E-state index contributed by atoms with van der Waals surface area (Å²) in [5.74, 6) is 1.39. The largest absolute Gasteiger partial charge is 0.354 e. The molecule has 2 rings (SSSR count). The molecule has 1 aromatic heterocycles. The molecule has 0 saturated heterocycles. The molecule has 0 spiro atoms. The predicted octanol–water partition coefficient (Wildman–Crippen LogP) is 2.48. The van der Waals surface area contributed by atoms with Crippen molar-refractivity contribution in [2.75, 3.05) is 7.05 Å². The van der Waals surface area contributed by atoms with E-state index in [1.54, 1.807) is 11.3 Å². The van der Waals surface area contributed by atoms with E-state index in [1.165, 1.54) is 25.0 Å². The number of aromatic nitrogens is 1. The van der Waals surface area contributed by atoms with Gasteiger partial charge in [-0.2, -0.15) is 0 Å². The van der Waals surface area contributed by atoms with E-state index >= 15 is 0 Å². The van der Waals surface area contributed by atoms with Crippen LogP contribution < -0.4 is 10.6 Å². The molecule has 0 aliphatic heterocycles. The van der Waals surface area contributed by atoms with E-state index in [4.69, 9.17) is 0 Å². The summed E-state index contributed by atoms with van der Waals surface area (Å²) in [6, 6.07) is 0.610. The topological polar surface area (TPSA) is 49.3 Å². The number of rotatable bonds is 4. The third kappa shape index (κ3) is 3.45. The molecule has 0 unspecified atom stereocenters. The number of aliphatic imine (C=N–C) groups is 1. The van der Waals surface area contributed by atoms with Crippen LogP contribution in [0.15, 0.2) is 10.4 Å². The summed E-state index contributed by atoms with van der Waals surface area (Å²) in [6.45, 7) is 5.09. The summed E-state index contributed by atoms with van der Waals surface area (Å²) in [6.07, 6.45) is 3.85. The molecule has 0 radical (unpaired) electrons. The Morgan fingerprint density at radius 3 is 2.83 bits per heavy atom. The van der Waals surface area contributed by atoms with Crippen LogP contribution in [0.1, 0.15) is 49.7 Å². The van der Waals surface area contributed by atoms with Gasteiger partial charge in [-0.05, 0) is 25.2 Å². The number of thiazole rings is 1. The van der Waals surface area contributed by atoms with Gasteiger partial charge in [0.05, 0.1) is 12.2 Å². The predicted molar refractivity (Wildman–Crippen MR) is 77.2 cm³/mol. The van der Waals surface area contributed by atoms with Crippen LogP contribution in [-0.2, 0) is 6.54 Å². The molecule has 1 aliphatic rings. The molecular weight excluding hydrogens is 244 g/mol. The molecule has 5 heteroatoms. The molecule has 18 heavy (non-hydrogen) atoms. The van der Waals surface area contributed by atoms with Gasteiger partial charge in [-0.3, -0.25) is 4.99 Å². The highest BCUT2D eigenvalue weighted by molar-refractivity contribution is 7.09. The molecule has 2 N–H and O–H groups in total. The lowest BCUT2D eigenvalue weighted by atomic mass is 9.93. The van der Waals surface area contributed by atoms with E-state index in [2.05, 4.69) is 39.8 Å². The van der Waals surface area contributed by atoms with Crippen molar-refractivity contribution in [3.05, 3.63) is 16.1 Å². The smallest absolute Gasteiger partial charge is 0.191 e. The number of guanidine groups is 1. The molecule has 0 atom stereocenters. The standard InChI is InChI=1S/C13H22N4S/c1-9(2)11-8-18-12(17-11)7-15-13(14-3)16-10-5-4-6-10/h8-10H,4-7H2,1-3H3,(H2,14,15,16). The summed E-state index contributed by atoms with van der Waals surface area (Å²) >= 11 is 1.71. The second kappa shape index (κ2) is 6.18. The zero-order valence-corrected chi connectivity index (χ0v) is 12.2. The lowest BCUT2D eigenvalue weighted by molar-refractivity contribution is 0.380. The Hall–Kier alpha value is -1.10. The summed E-state index contributed by atoms with van der Waals surface area (Å²) < 4.78 is 0. The highest BCUT2D eigenvalue weighted by atomic mass is 32.1. The minimum Gasteiger partial charge on any atom is -0.354 e. The number of hydrogen-bond acceptors (Lipinski definition) is 3. The number of nitrogens with zero attached hydrogens (tertiary/aromatic N) is 2. The summed E-state index contributed by atoms with van der Waals surface area (Å²) in [7, 11) is 1.81. The molecular formula is C13H22N4S. The van der Waals surface area contributed by atoms with Crippen molar-refractivity contribution in [3.63, 3.8) is 0 Å². The molecule has 1 saturated carbocycles. The molecule has 0 aromatic carbocycles. The van der Waals surface area contributed by atoms with Crippen molar-refractivity contribution in [1.29, 1.82) is 0 Å². The fourth-order valence-corrected chi connectivity index (χ4v) is 2.67. The van der Waals surface area contributed by atoms with E-state index < -0.39 is 0 Å². The molecule has 1 aliphatic carbocycles. The lowest BCUT2D eigenvalue weighted by Crippen LogP contribution is -2.45. The lowest BCUT2D eigenvalue weighted by Gasteiger charge is -2.28. The Morgan fingerprint density at radius 2 is 2.33 bits per heavy atom. The summed E-state index contributed by atoms with van der Waals surface area (Å²) in [5.41, 5.74) is 1.18. The monoisotopic (exact) mass is 266 g/mol. The van der Waals surface area contributed by atoms with Crippen LogP contribution in [0.25, 0.3) is 0 Å². The molecule has 4 nitrogen and oxygen atoms in total. The Morgan fingerprint density at radius 1 is 1.56 bits per heavy atom. The van der Waals surface area contributed by atoms with Crippen molar-refractivity contribution in [2.45, 2.75) is 51.6 Å². The number of hydrogen-bond donors (Lipinski definition) is 2. The van der Waals surface area contributed by atoms with Gasteiger partial charge >= 0.3 is 0 Å². The van der Waals surface area contributed by atoms with Crippen LogP contribution in [-0.4, -0.2) is 24.0 Å². The van der Waals surface area contributed by atoms with E-state index in [9.17, 15) is 0 Å². The normalized spacial score (nSPS) is 16.8.